The number of hydrogen-bond acceptors (Lipinski definition) is 3. The molecule has 1 amide bonds. The van der Waals surface area contributed by atoms with Crippen molar-refractivity contribution in [2.24, 2.45) is 22.7 Å². The summed E-state index contributed by atoms with van der Waals surface area (Å²) in [6.07, 6.45) is 5.71. The van der Waals surface area contributed by atoms with Crippen LogP contribution in [0.5, 0.6) is 0 Å². The van der Waals surface area contributed by atoms with Gasteiger partial charge >= 0.3 is 0 Å². The first-order valence-electron chi connectivity index (χ1n) is 6.25. The molecule has 1 N–H and O–H groups in total. The summed E-state index contributed by atoms with van der Waals surface area (Å²) < 4.78 is 0. The maximum Gasteiger partial charge on any atom is 0.261 e. The maximum atomic E-state index is 11.3. The van der Waals surface area contributed by atoms with Crippen LogP contribution in [0, 0.1) is 17.8 Å². The molecule has 2 aliphatic carbocycles. The first-order chi connectivity index (χ1) is 7.72. The lowest BCUT2D eigenvalue weighted by molar-refractivity contribution is -0.116. The zero-order valence-corrected chi connectivity index (χ0v) is 10.4. The van der Waals surface area contributed by atoms with Crippen LogP contribution >= 0.6 is 11.8 Å². The third-order valence-corrected chi connectivity index (χ3v) is 5.26. The normalized spacial score (nSPS) is 41.6. The van der Waals surface area contributed by atoms with E-state index in [1.54, 1.807) is 11.8 Å². The number of nitrogens with one attached hydrogen (secondary N) is 1. The SMILES string of the molecule is C[C@@H]1SC(NCC2C[C@@H]3CC[C@H]2C3)=NC1=O. The highest BCUT2D eigenvalue weighted by molar-refractivity contribution is 8.15. The van der Waals surface area contributed by atoms with E-state index < -0.39 is 0 Å². The van der Waals surface area contributed by atoms with E-state index in [2.05, 4.69) is 10.3 Å². The van der Waals surface area contributed by atoms with Gasteiger partial charge in [-0.15, -0.1) is 0 Å². The van der Waals surface area contributed by atoms with Crippen LogP contribution in [0.25, 0.3) is 0 Å². The molecule has 0 radical (unpaired) electrons. The fourth-order valence-electron chi connectivity index (χ4n) is 3.36. The molecule has 0 aromatic rings. The highest BCUT2D eigenvalue weighted by Crippen LogP contribution is 2.48. The third-order valence-electron chi connectivity index (χ3n) is 4.25. The minimum atomic E-state index is 0.0143. The molecule has 1 unspecified atom stereocenters. The van der Waals surface area contributed by atoms with Gasteiger partial charge in [-0.3, -0.25) is 4.79 Å². The Hall–Kier alpha value is -0.510. The first kappa shape index (κ1) is 10.6. The fraction of sp³-hybridized carbons (Fsp3) is 0.833. The van der Waals surface area contributed by atoms with Crippen LogP contribution in [0.3, 0.4) is 0 Å². The molecule has 1 heterocycles. The molecular formula is C12H18N2OS. The quantitative estimate of drug-likeness (QED) is 0.800. The molecule has 4 heteroatoms. The van der Waals surface area contributed by atoms with Crippen LogP contribution in [0.1, 0.15) is 32.6 Å². The van der Waals surface area contributed by atoms with E-state index in [4.69, 9.17) is 0 Å². The molecule has 2 saturated carbocycles. The van der Waals surface area contributed by atoms with Gasteiger partial charge in [-0.2, -0.15) is 4.99 Å². The van der Waals surface area contributed by atoms with Crippen LogP contribution in [0.4, 0.5) is 0 Å². The molecule has 0 aromatic carbocycles. The molecule has 3 nitrogen and oxygen atoms in total. The summed E-state index contributed by atoms with van der Waals surface area (Å²) in [7, 11) is 0. The lowest BCUT2D eigenvalue weighted by Gasteiger charge is -2.22. The van der Waals surface area contributed by atoms with Crippen molar-refractivity contribution in [3.63, 3.8) is 0 Å². The molecule has 3 rings (SSSR count). The van der Waals surface area contributed by atoms with Gasteiger partial charge < -0.3 is 5.32 Å². The zero-order chi connectivity index (χ0) is 11.1. The van der Waals surface area contributed by atoms with E-state index in [-0.39, 0.29) is 11.2 Å². The fourth-order valence-corrected chi connectivity index (χ4v) is 4.16. The summed E-state index contributed by atoms with van der Waals surface area (Å²) in [6, 6.07) is 0. The van der Waals surface area contributed by atoms with Gasteiger partial charge in [-0.25, -0.2) is 0 Å². The van der Waals surface area contributed by atoms with Crippen molar-refractivity contribution in [1.29, 1.82) is 0 Å². The van der Waals surface area contributed by atoms with Gasteiger partial charge in [0.05, 0.1) is 5.25 Å². The average Bonchev–Trinajstić information content (AvgIpc) is 2.92. The Morgan fingerprint density at radius 1 is 1.44 bits per heavy atom. The summed E-state index contributed by atoms with van der Waals surface area (Å²) in [5.74, 6) is 2.78. The van der Waals surface area contributed by atoms with Crippen LogP contribution in [-0.2, 0) is 4.79 Å². The third kappa shape index (κ3) is 1.88. The van der Waals surface area contributed by atoms with Gasteiger partial charge in [0.25, 0.3) is 5.91 Å². The van der Waals surface area contributed by atoms with E-state index in [1.807, 2.05) is 6.92 Å². The number of amides is 1. The van der Waals surface area contributed by atoms with Crippen molar-refractivity contribution in [2.45, 2.75) is 37.9 Å². The van der Waals surface area contributed by atoms with E-state index in [0.29, 0.717) is 0 Å². The topological polar surface area (TPSA) is 41.5 Å². The van der Waals surface area contributed by atoms with Gasteiger partial charge in [0.1, 0.15) is 0 Å². The number of fused-ring (bicyclic) bond motifs is 2. The van der Waals surface area contributed by atoms with Gasteiger partial charge in [0.15, 0.2) is 5.17 Å². The molecule has 16 heavy (non-hydrogen) atoms. The molecule has 0 aromatic heterocycles. The van der Waals surface area contributed by atoms with Crippen molar-refractivity contribution in [3.8, 4) is 0 Å². The summed E-state index contributed by atoms with van der Waals surface area (Å²) in [5.41, 5.74) is 0. The molecule has 2 fully saturated rings. The lowest BCUT2D eigenvalue weighted by atomic mass is 9.89. The summed E-state index contributed by atoms with van der Waals surface area (Å²) >= 11 is 1.57. The molecule has 3 aliphatic rings. The van der Waals surface area contributed by atoms with Gasteiger partial charge in [0.2, 0.25) is 0 Å². The summed E-state index contributed by atoms with van der Waals surface area (Å²) in [4.78, 5) is 15.3. The number of nitrogens with zero attached hydrogens (tertiary/aromatic N) is 1. The van der Waals surface area contributed by atoms with Gasteiger partial charge in [-0.1, -0.05) is 18.2 Å². The second kappa shape index (κ2) is 4.06. The number of rotatable bonds is 2. The van der Waals surface area contributed by atoms with E-state index in [9.17, 15) is 4.79 Å². The van der Waals surface area contributed by atoms with Crippen molar-refractivity contribution in [1.82, 2.24) is 5.32 Å². The Balaban J connectivity index is 1.51. The van der Waals surface area contributed by atoms with Crippen LogP contribution in [-0.4, -0.2) is 22.9 Å². The molecule has 4 atom stereocenters. The molecule has 1 aliphatic heterocycles. The Kier molecular flexibility index (Phi) is 2.70. The minimum Gasteiger partial charge on any atom is -0.364 e. The Labute approximate surface area is 100 Å². The predicted molar refractivity (Wildman–Crippen MR) is 66.4 cm³/mol. The Morgan fingerprint density at radius 2 is 2.31 bits per heavy atom. The van der Waals surface area contributed by atoms with Crippen LogP contribution in [0.15, 0.2) is 4.99 Å². The second-order valence-corrected chi connectivity index (χ2v) is 6.66. The second-order valence-electron chi connectivity index (χ2n) is 5.33. The largest absolute Gasteiger partial charge is 0.364 e. The number of amidine groups is 1. The standard InChI is InChI=1S/C12H18N2OS/c1-7-11(15)14-12(16-7)13-6-10-5-8-2-3-9(10)4-8/h7-10H,2-6H2,1H3,(H,13,14,15)/t7-,8+,9-,10?/m0/s1. The Bertz CT molecular complexity index is 342. The smallest absolute Gasteiger partial charge is 0.261 e. The zero-order valence-electron chi connectivity index (χ0n) is 9.61. The molecule has 0 spiro atoms. The number of carbonyl (C=O) groups excluding carboxylic acids is 1. The molecule has 2 bridgehead atoms. The summed E-state index contributed by atoms with van der Waals surface area (Å²) in [6.45, 7) is 2.94. The molecule has 0 saturated heterocycles. The van der Waals surface area contributed by atoms with Crippen LogP contribution in [0.2, 0.25) is 0 Å². The number of thioether (sulfide) groups is 1. The van der Waals surface area contributed by atoms with E-state index in [0.717, 1.165) is 29.5 Å². The van der Waals surface area contributed by atoms with Crippen molar-refractivity contribution >= 4 is 22.8 Å². The number of hydrogen-bond donors (Lipinski definition) is 1. The number of aliphatic imine (C=N–C) groups is 1. The predicted octanol–water partition coefficient (Wildman–Crippen LogP) is 2.03. The van der Waals surface area contributed by atoms with E-state index >= 15 is 0 Å². The number of carbonyl (C=O) groups is 1. The monoisotopic (exact) mass is 238 g/mol. The van der Waals surface area contributed by atoms with Gasteiger partial charge in [-0.05, 0) is 43.9 Å². The first-order valence-corrected chi connectivity index (χ1v) is 7.13. The Morgan fingerprint density at radius 3 is 2.88 bits per heavy atom. The molecular weight excluding hydrogens is 220 g/mol. The van der Waals surface area contributed by atoms with E-state index in [1.165, 1.54) is 25.7 Å². The van der Waals surface area contributed by atoms with Crippen molar-refractivity contribution in [2.75, 3.05) is 6.54 Å². The molecule has 88 valence electrons. The van der Waals surface area contributed by atoms with Crippen molar-refractivity contribution in [3.05, 3.63) is 0 Å². The minimum absolute atomic E-state index is 0.0143. The maximum absolute atomic E-state index is 11.3. The van der Waals surface area contributed by atoms with Gasteiger partial charge in [0, 0.05) is 6.54 Å². The highest BCUT2D eigenvalue weighted by atomic mass is 32.2. The lowest BCUT2D eigenvalue weighted by Crippen LogP contribution is -2.29. The van der Waals surface area contributed by atoms with Crippen molar-refractivity contribution < 1.29 is 4.79 Å². The highest BCUT2D eigenvalue weighted by Gasteiger charge is 2.39. The summed E-state index contributed by atoms with van der Waals surface area (Å²) in [5, 5.41) is 4.23. The van der Waals surface area contributed by atoms with Crippen LogP contribution < -0.4 is 5.32 Å². The average molecular weight is 238 g/mol.